The number of rotatable bonds is 3. The van der Waals surface area contributed by atoms with Crippen LogP contribution >= 0.6 is 0 Å². The minimum Gasteiger partial charge on any atom is -0.328 e. The molecule has 0 radical (unpaired) electrons. The number of nitrogens with two attached hydrogens (primary N) is 1. The molecular weight excluding hydrogens is 158 g/mol. The minimum absolute atomic E-state index is 0.502. The highest BCUT2D eigenvalue weighted by Gasteiger charge is 2.23. The van der Waals surface area contributed by atoms with Gasteiger partial charge in [0.05, 0.1) is 0 Å². The van der Waals surface area contributed by atoms with Gasteiger partial charge >= 0.3 is 0 Å². The quantitative estimate of drug-likeness (QED) is 0.714. The molecule has 0 bridgehead atoms. The summed E-state index contributed by atoms with van der Waals surface area (Å²) in [7, 11) is 0. The lowest BCUT2D eigenvalue weighted by atomic mass is 9.76. The lowest BCUT2D eigenvalue weighted by Crippen LogP contribution is -2.29. The fourth-order valence-electron chi connectivity index (χ4n) is 2.65. The van der Waals surface area contributed by atoms with Crippen molar-refractivity contribution >= 4 is 0 Å². The Bertz CT molecular complexity index is 134. The summed E-state index contributed by atoms with van der Waals surface area (Å²) in [5.41, 5.74) is 5.90. The van der Waals surface area contributed by atoms with Crippen molar-refractivity contribution in [3.8, 4) is 0 Å². The summed E-state index contributed by atoms with van der Waals surface area (Å²) in [6, 6.07) is 0.502. The number of hydrogen-bond acceptors (Lipinski definition) is 1. The highest BCUT2D eigenvalue weighted by atomic mass is 14.6. The second-order valence-corrected chi connectivity index (χ2v) is 5.28. The first kappa shape index (κ1) is 11.0. The SMILES string of the molecule is CC(C)CC(C)C1CCC(N)CC1. The normalized spacial score (nSPS) is 32.1. The van der Waals surface area contributed by atoms with Crippen LogP contribution in [0.3, 0.4) is 0 Å². The molecule has 1 fully saturated rings. The molecule has 0 spiro atoms. The van der Waals surface area contributed by atoms with Crippen LogP contribution in [-0.2, 0) is 0 Å². The largest absolute Gasteiger partial charge is 0.328 e. The zero-order valence-electron chi connectivity index (χ0n) is 9.42. The summed E-state index contributed by atoms with van der Waals surface area (Å²) in [5.74, 6) is 2.72. The van der Waals surface area contributed by atoms with Crippen molar-refractivity contribution in [3.05, 3.63) is 0 Å². The van der Waals surface area contributed by atoms with E-state index in [1.807, 2.05) is 0 Å². The Labute approximate surface area is 83.1 Å². The van der Waals surface area contributed by atoms with Crippen molar-refractivity contribution < 1.29 is 0 Å². The van der Waals surface area contributed by atoms with Crippen LogP contribution in [0.15, 0.2) is 0 Å². The van der Waals surface area contributed by atoms with E-state index in [4.69, 9.17) is 5.73 Å². The Hall–Kier alpha value is -0.0400. The summed E-state index contributed by atoms with van der Waals surface area (Å²) in [6.07, 6.45) is 6.64. The van der Waals surface area contributed by atoms with Gasteiger partial charge in [-0.25, -0.2) is 0 Å². The van der Waals surface area contributed by atoms with Crippen molar-refractivity contribution in [2.45, 2.75) is 58.9 Å². The van der Waals surface area contributed by atoms with Crippen LogP contribution in [0.25, 0.3) is 0 Å². The second kappa shape index (κ2) is 4.99. The molecule has 1 aliphatic carbocycles. The van der Waals surface area contributed by atoms with Gasteiger partial charge in [0.25, 0.3) is 0 Å². The van der Waals surface area contributed by atoms with Gasteiger partial charge in [-0.1, -0.05) is 20.8 Å². The van der Waals surface area contributed by atoms with Crippen molar-refractivity contribution in [3.63, 3.8) is 0 Å². The molecule has 1 atom stereocenters. The minimum atomic E-state index is 0.502. The lowest BCUT2D eigenvalue weighted by Gasteiger charge is -2.31. The molecule has 1 aliphatic rings. The van der Waals surface area contributed by atoms with Crippen molar-refractivity contribution in [2.24, 2.45) is 23.5 Å². The van der Waals surface area contributed by atoms with Crippen LogP contribution in [0.4, 0.5) is 0 Å². The van der Waals surface area contributed by atoms with Gasteiger partial charge < -0.3 is 5.73 Å². The monoisotopic (exact) mass is 183 g/mol. The van der Waals surface area contributed by atoms with Crippen molar-refractivity contribution in [2.75, 3.05) is 0 Å². The van der Waals surface area contributed by atoms with E-state index in [9.17, 15) is 0 Å². The van der Waals surface area contributed by atoms with Gasteiger partial charge in [0.1, 0.15) is 0 Å². The molecule has 0 heterocycles. The zero-order chi connectivity index (χ0) is 9.84. The Balaban J connectivity index is 2.27. The van der Waals surface area contributed by atoms with Gasteiger partial charge in [0.2, 0.25) is 0 Å². The Morgan fingerprint density at radius 3 is 2.08 bits per heavy atom. The van der Waals surface area contributed by atoms with Crippen LogP contribution in [0.2, 0.25) is 0 Å². The molecule has 13 heavy (non-hydrogen) atoms. The van der Waals surface area contributed by atoms with Crippen LogP contribution in [0, 0.1) is 17.8 Å². The third-order valence-corrected chi connectivity index (χ3v) is 3.46. The van der Waals surface area contributed by atoms with E-state index in [0.29, 0.717) is 6.04 Å². The van der Waals surface area contributed by atoms with Crippen LogP contribution in [-0.4, -0.2) is 6.04 Å². The van der Waals surface area contributed by atoms with E-state index in [0.717, 1.165) is 17.8 Å². The molecule has 1 rings (SSSR count). The summed E-state index contributed by atoms with van der Waals surface area (Å²) >= 11 is 0. The number of hydrogen-bond donors (Lipinski definition) is 1. The highest BCUT2D eigenvalue weighted by Crippen LogP contribution is 2.32. The standard InChI is InChI=1S/C12H25N/c1-9(2)8-10(3)11-4-6-12(13)7-5-11/h9-12H,4-8,13H2,1-3H3. The fraction of sp³-hybridized carbons (Fsp3) is 1.00. The molecule has 0 aromatic carbocycles. The molecule has 1 unspecified atom stereocenters. The van der Waals surface area contributed by atoms with E-state index in [2.05, 4.69) is 20.8 Å². The zero-order valence-corrected chi connectivity index (χ0v) is 9.42. The molecule has 0 aromatic heterocycles. The molecular formula is C12H25N. The van der Waals surface area contributed by atoms with E-state index in [-0.39, 0.29) is 0 Å². The Morgan fingerprint density at radius 2 is 1.62 bits per heavy atom. The highest BCUT2D eigenvalue weighted by molar-refractivity contribution is 4.77. The van der Waals surface area contributed by atoms with Gasteiger partial charge in [-0.15, -0.1) is 0 Å². The Kier molecular flexibility index (Phi) is 4.24. The summed E-state index contributed by atoms with van der Waals surface area (Å²) in [5, 5.41) is 0. The maximum Gasteiger partial charge on any atom is 0.00390 e. The van der Waals surface area contributed by atoms with E-state index >= 15 is 0 Å². The molecule has 0 amide bonds. The summed E-state index contributed by atoms with van der Waals surface area (Å²) in [4.78, 5) is 0. The molecule has 1 nitrogen and oxygen atoms in total. The van der Waals surface area contributed by atoms with Crippen molar-refractivity contribution in [1.82, 2.24) is 0 Å². The van der Waals surface area contributed by atoms with Gasteiger partial charge in [-0.3, -0.25) is 0 Å². The predicted octanol–water partition coefficient (Wildman–Crippen LogP) is 3.19. The average molecular weight is 183 g/mol. The maximum absolute atomic E-state index is 5.90. The fourth-order valence-corrected chi connectivity index (χ4v) is 2.65. The first-order valence-electron chi connectivity index (χ1n) is 5.85. The van der Waals surface area contributed by atoms with Crippen LogP contribution < -0.4 is 5.73 Å². The first-order valence-corrected chi connectivity index (χ1v) is 5.85. The molecule has 0 aromatic rings. The molecule has 1 saturated carbocycles. The average Bonchev–Trinajstić information content (AvgIpc) is 2.04. The molecule has 0 aliphatic heterocycles. The predicted molar refractivity (Wildman–Crippen MR) is 58.6 cm³/mol. The smallest absolute Gasteiger partial charge is 0.00390 e. The maximum atomic E-state index is 5.90. The topological polar surface area (TPSA) is 26.0 Å². The second-order valence-electron chi connectivity index (χ2n) is 5.28. The van der Waals surface area contributed by atoms with E-state index < -0.39 is 0 Å². The summed E-state index contributed by atoms with van der Waals surface area (Å²) in [6.45, 7) is 7.07. The first-order chi connectivity index (χ1) is 6.09. The van der Waals surface area contributed by atoms with Crippen LogP contribution in [0.1, 0.15) is 52.9 Å². The van der Waals surface area contributed by atoms with Gasteiger partial charge in [0, 0.05) is 6.04 Å². The van der Waals surface area contributed by atoms with E-state index in [1.165, 1.54) is 32.1 Å². The van der Waals surface area contributed by atoms with Crippen molar-refractivity contribution in [1.29, 1.82) is 0 Å². The molecule has 0 saturated heterocycles. The lowest BCUT2D eigenvalue weighted by molar-refractivity contribution is 0.221. The van der Waals surface area contributed by atoms with Gasteiger partial charge in [-0.05, 0) is 49.9 Å². The van der Waals surface area contributed by atoms with Gasteiger partial charge in [0.15, 0.2) is 0 Å². The summed E-state index contributed by atoms with van der Waals surface area (Å²) < 4.78 is 0. The molecule has 78 valence electrons. The third kappa shape index (κ3) is 3.68. The van der Waals surface area contributed by atoms with E-state index in [1.54, 1.807) is 0 Å². The third-order valence-electron chi connectivity index (χ3n) is 3.46. The Morgan fingerprint density at radius 1 is 1.08 bits per heavy atom. The van der Waals surface area contributed by atoms with Gasteiger partial charge in [-0.2, -0.15) is 0 Å². The molecule has 2 N–H and O–H groups in total. The molecule has 1 heteroatoms. The van der Waals surface area contributed by atoms with Crippen LogP contribution in [0.5, 0.6) is 0 Å².